The monoisotopic (exact) mass is 483 g/mol. The highest BCUT2D eigenvalue weighted by Gasteiger charge is 2.40. The van der Waals surface area contributed by atoms with Crippen LogP contribution in [0.25, 0.3) is 0 Å². The van der Waals surface area contributed by atoms with E-state index < -0.39 is 15.3 Å². The number of halogens is 1. The molecular formula is C25H30FN5O2S. The van der Waals surface area contributed by atoms with E-state index in [9.17, 15) is 8.42 Å². The second-order valence-electron chi connectivity index (χ2n) is 9.34. The number of rotatable bonds is 5. The van der Waals surface area contributed by atoms with Crippen LogP contribution in [-0.4, -0.2) is 46.6 Å². The first-order valence-electron chi connectivity index (χ1n) is 11.9. The zero-order valence-electron chi connectivity index (χ0n) is 19.3. The molecule has 0 unspecified atom stereocenters. The summed E-state index contributed by atoms with van der Waals surface area (Å²) < 4.78 is 45.7. The van der Waals surface area contributed by atoms with Gasteiger partial charge in [0.25, 0.3) is 0 Å². The SMILES string of the molecule is C[C@H]1CC[C@H](c2ccccc2)S(=O)(=O)N1Cc1ccc(N2CCC[C@@H](n3cnnc3)C2)cc1F. The number of anilines is 1. The van der Waals surface area contributed by atoms with Crippen molar-refractivity contribution in [2.75, 3.05) is 18.0 Å². The van der Waals surface area contributed by atoms with Gasteiger partial charge in [-0.05, 0) is 50.3 Å². The predicted octanol–water partition coefficient (Wildman–Crippen LogP) is 4.31. The minimum atomic E-state index is -3.60. The van der Waals surface area contributed by atoms with Crippen LogP contribution in [-0.2, 0) is 16.6 Å². The highest BCUT2D eigenvalue weighted by molar-refractivity contribution is 7.89. The van der Waals surface area contributed by atoms with Crippen LogP contribution >= 0.6 is 0 Å². The molecule has 2 fully saturated rings. The summed E-state index contributed by atoms with van der Waals surface area (Å²) in [7, 11) is -3.60. The first kappa shape index (κ1) is 23.0. The number of sulfonamides is 1. The number of benzene rings is 2. The molecule has 7 nitrogen and oxygen atoms in total. The molecule has 0 radical (unpaired) electrons. The van der Waals surface area contributed by atoms with Gasteiger partial charge in [0.05, 0.1) is 6.04 Å². The van der Waals surface area contributed by atoms with E-state index in [1.54, 1.807) is 24.8 Å². The van der Waals surface area contributed by atoms with Crippen molar-refractivity contribution < 1.29 is 12.8 Å². The molecule has 9 heteroatoms. The summed E-state index contributed by atoms with van der Waals surface area (Å²) in [5.74, 6) is -0.367. The van der Waals surface area contributed by atoms with Gasteiger partial charge in [-0.15, -0.1) is 10.2 Å². The molecule has 2 aromatic carbocycles. The smallest absolute Gasteiger partial charge is 0.221 e. The Morgan fingerprint density at radius 2 is 1.79 bits per heavy atom. The second kappa shape index (κ2) is 9.46. The molecule has 2 aliphatic heterocycles. The van der Waals surface area contributed by atoms with Crippen LogP contribution in [0.4, 0.5) is 10.1 Å². The van der Waals surface area contributed by atoms with Gasteiger partial charge in [0.15, 0.2) is 0 Å². The van der Waals surface area contributed by atoms with E-state index in [0.717, 1.165) is 43.6 Å². The van der Waals surface area contributed by atoms with Crippen LogP contribution in [0, 0.1) is 5.82 Å². The third-order valence-corrected chi connectivity index (χ3v) is 9.55. The second-order valence-corrected chi connectivity index (χ2v) is 11.4. The fourth-order valence-corrected chi connectivity index (χ4v) is 7.40. The van der Waals surface area contributed by atoms with E-state index in [-0.39, 0.29) is 24.4 Å². The lowest BCUT2D eigenvalue weighted by molar-refractivity contribution is 0.279. The zero-order chi connectivity index (χ0) is 23.7. The van der Waals surface area contributed by atoms with Crippen molar-refractivity contribution in [1.29, 1.82) is 0 Å². The van der Waals surface area contributed by atoms with Gasteiger partial charge in [0, 0.05) is 36.9 Å². The minimum Gasteiger partial charge on any atom is -0.369 e. The van der Waals surface area contributed by atoms with Gasteiger partial charge in [-0.1, -0.05) is 36.4 Å². The van der Waals surface area contributed by atoms with Crippen molar-refractivity contribution in [3.05, 3.63) is 78.1 Å². The summed E-state index contributed by atoms with van der Waals surface area (Å²) in [5, 5.41) is 7.21. The summed E-state index contributed by atoms with van der Waals surface area (Å²) in [4.78, 5) is 2.17. The van der Waals surface area contributed by atoms with Gasteiger partial charge in [-0.25, -0.2) is 12.8 Å². The van der Waals surface area contributed by atoms with Gasteiger partial charge < -0.3 is 9.47 Å². The van der Waals surface area contributed by atoms with Gasteiger partial charge >= 0.3 is 0 Å². The molecule has 0 amide bonds. The number of nitrogens with zero attached hydrogens (tertiary/aromatic N) is 5. The molecule has 3 atom stereocenters. The molecule has 5 rings (SSSR count). The molecule has 0 saturated carbocycles. The summed E-state index contributed by atoms with van der Waals surface area (Å²) in [6, 6.07) is 14.6. The van der Waals surface area contributed by atoms with Gasteiger partial charge in [0.2, 0.25) is 10.0 Å². The Morgan fingerprint density at radius 1 is 1.03 bits per heavy atom. The maximum Gasteiger partial charge on any atom is 0.221 e. The topological polar surface area (TPSA) is 71.3 Å². The van der Waals surface area contributed by atoms with Crippen molar-refractivity contribution in [3.8, 4) is 0 Å². The molecular weight excluding hydrogens is 453 g/mol. The van der Waals surface area contributed by atoms with Crippen LogP contribution in [0.1, 0.15) is 55.0 Å². The molecule has 3 heterocycles. The van der Waals surface area contributed by atoms with Crippen LogP contribution in [0.3, 0.4) is 0 Å². The molecule has 3 aromatic rings. The van der Waals surface area contributed by atoms with E-state index in [2.05, 4.69) is 15.1 Å². The van der Waals surface area contributed by atoms with Crippen molar-refractivity contribution in [2.45, 2.75) is 56.5 Å². The molecule has 0 aliphatic carbocycles. The Bertz CT molecular complexity index is 1220. The third-order valence-electron chi connectivity index (χ3n) is 7.18. The molecule has 2 saturated heterocycles. The quantitative estimate of drug-likeness (QED) is 0.541. The Morgan fingerprint density at radius 3 is 2.53 bits per heavy atom. The average molecular weight is 484 g/mol. The fraction of sp³-hybridized carbons (Fsp3) is 0.440. The Balaban J connectivity index is 1.34. The maximum absolute atomic E-state index is 15.3. The van der Waals surface area contributed by atoms with Crippen molar-refractivity contribution >= 4 is 15.7 Å². The Labute approximate surface area is 200 Å². The van der Waals surface area contributed by atoms with E-state index in [1.165, 1.54) is 4.31 Å². The first-order chi connectivity index (χ1) is 16.4. The van der Waals surface area contributed by atoms with Gasteiger partial charge in [0.1, 0.15) is 23.7 Å². The largest absolute Gasteiger partial charge is 0.369 e. The molecule has 1 aromatic heterocycles. The summed E-state index contributed by atoms with van der Waals surface area (Å²) in [5.41, 5.74) is 2.01. The van der Waals surface area contributed by atoms with Crippen LogP contribution in [0.15, 0.2) is 61.2 Å². The number of hydrogen-bond acceptors (Lipinski definition) is 5. The normalized spacial score (nSPS) is 25.4. The molecule has 2 aliphatic rings. The van der Waals surface area contributed by atoms with Gasteiger partial charge in [-0.2, -0.15) is 4.31 Å². The van der Waals surface area contributed by atoms with Crippen molar-refractivity contribution in [3.63, 3.8) is 0 Å². The lowest BCUT2D eigenvalue weighted by atomic mass is 10.0. The summed E-state index contributed by atoms with van der Waals surface area (Å²) in [6.45, 7) is 3.56. The Hall–Kier alpha value is -2.78. The van der Waals surface area contributed by atoms with Gasteiger partial charge in [-0.3, -0.25) is 0 Å². The van der Waals surface area contributed by atoms with Crippen molar-refractivity contribution in [2.24, 2.45) is 0 Å². The average Bonchev–Trinajstić information content (AvgIpc) is 3.38. The molecule has 0 spiro atoms. The maximum atomic E-state index is 15.3. The zero-order valence-corrected chi connectivity index (χ0v) is 20.1. The highest BCUT2D eigenvalue weighted by atomic mass is 32.2. The van der Waals surface area contributed by atoms with E-state index in [4.69, 9.17) is 0 Å². The fourth-order valence-electron chi connectivity index (χ4n) is 5.21. The lowest BCUT2D eigenvalue weighted by Gasteiger charge is -2.38. The highest BCUT2D eigenvalue weighted by Crippen LogP contribution is 2.38. The van der Waals surface area contributed by atoms with Crippen LogP contribution in [0.2, 0.25) is 0 Å². The molecule has 180 valence electrons. The van der Waals surface area contributed by atoms with Crippen LogP contribution < -0.4 is 4.90 Å². The number of hydrogen-bond donors (Lipinski definition) is 0. The lowest BCUT2D eigenvalue weighted by Crippen LogP contribution is -2.44. The predicted molar refractivity (Wildman–Crippen MR) is 129 cm³/mol. The summed E-state index contributed by atoms with van der Waals surface area (Å²) >= 11 is 0. The third kappa shape index (κ3) is 4.46. The molecule has 34 heavy (non-hydrogen) atoms. The summed E-state index contributed by atoms with van der Waals surface area (Å²) in [6.07, 6.45) is 6.80. The van der Waals surface area contributed by atoms with Crippen LogP contribution in [0.5, 0.6) is 0 Å². The van der Waals surface area contributed by atoms with Crippen molar-refractivity contribution in [1.82, 2.24) is 19.1 Å². The number of piperidine rings is 1. The van der Waals surface area contributed by atoms with E-state index >= 15 is 4.39 Å². The van der Waals surface area contributed by atoms with E-state index in [1.807, 2.05) is 47.9 Å². The Kier molecular flexibility index (Phi) is 6.40. The number of aromatic nitrogens is 3. The molecule has 0 N–H and O–H groups in total. The minimum absolute atomic E-state index is 0.0439. The first-order valence-corrected chi connectivity index (χ1v) is 13.4. The van der Waals surface area contributed by atoms with E-state index in [0.29, 0.717) is 12.0 Å². The standard InChI is InChI=1S/C25H30FN5O2S/c1-19-9-12-25(20-6-3-2-4-7-20)34(32,33)31(19)15-21-10-11-22(14-24(21)26)29-13-5-8-23(16-29)30-17-27-28-18-30/h2-4,6-7,10-11,14,17-19,23,25H,5,8-9,12-13,15-16H2,1H3/t19-,23+,25+/m0/s1. The molecule has 0 bridgehead atoms.